The summed E-state index contributed by atoms with van der Waals surface area (Å²) in [5, 5.41) is 18.3. The lowest BCUT2D eigenvalue weighted by Crippen LogP contribution is -2.08. The van der Waals surface area contributed by atoms with Gasteiger partial charge in [0.2, 0.25) is 0 Å². The molecule has 0 bridgehead atoms. The standard InChI is InChI=1S/C11H14O4/c1-7-4-3-5-9(15-2)11(7)8(12)6-10(13)14/h3-5,8,12H,6H2,1-2H3,(H,13,14)/t8-/m0/s1. The van der Waals surface area contributed by atoms with E-state index in [1.54, 1.807) is 12.1 Å². The lowest BCUT2D eigenvalue weighted by atomic mass is 10.00. The van der Waals surface area contributed by atoms with Crippen molar-refractivity contribution in [2.24, 2.45) is 0 Å². The third-order valence-electron chi connectivity index (χ3n) is 2.21. The maximum Gasteiger partial charge on any atom is 0.306 e. The van der Waals surface area contributed by atoms with Crippen LogP contribution in [0.5, 0.6) is 5.75 Å². The van der Waals surface area contributed by atoms with E-state index in [1.807, 2.05) is 13.0 Å². The third kappa shape index (κ3) is 2.70. The van der Waals surface area contributed by atoms with E-state index >= 15 is 0 Å². The number of hydrogen-bond donors (Lipinski definition) is 2. The number of hydrogen-bond acceptors (Lipinski definition) is 3. The van der Waals surface area contributed by atoms with E-state index in [0.717, 1.165) is 5.56 Å². The second-order valence-electron chi connectivity index (χ2n) is 3.30. The van der Waals surface area contributed by atoms with Gasteiger partial charge in [-0.25, -0.2) is 0 Å². The Balaban J connectivity index is 3.05. The number of ether oxygens (including phenoxy) is 1. The van der Waals surface area contributed by atoms with Crippen LogP contribution in [0.25, 0.3) is 0 Å². The maximum atomic E-state index is 10.5. The molecule has 2 N–H and O–H groups in total. The zero-order valence-corrected chi connectivity index (χ0v) is 8.73. The molecule has 0 radical (unpaired) electrons. The van der Waals surface area contributed by atoms with Crippen molar-refractivity contribution < 1.29 is 19.7 Å². The summed E-state index contributed by atoms with van der Waals surface area (Å²) < 4.78 is 5.08. The molecule has 1 aromatic rings. The predicted molar refractivity (Wildman–Crippen MR) is 54.9 cm³/mol. The van der Waals surface area contributed by atoms with Crippen LogP contribution in [0.4, 0.5) is 0 Å². The fraction of sp³-hybridized carbons (Fsp3) is 0.364. The summed E-state index contributed by atoms with van der Waals surface area (Å²) in [5.41, 5.74) is 1.37. The minimum Gasteiger partial charge on any atom is -0.496 e. The summed E-state index contributed by atoms with van der Waals surface area (Å²) in [6, 6.07) is 5.31. The highest BCUT2D eigenvalue weighted by atomic mass is 16.5. The highest BCUT2D eigenvalue weighted by Crippen LogP contribution is 2.30. The molecule has 0 amide bonds. The van der Waals surface area contributed by atoms with Crippen LogP contribution in [0, 0.1) is 6.92 Å². The van der Waals surface area contributed by atoms with E-state index in [-0.39, 0.29) is 6.42 Å². The first kappa shape index (κ1) is 11.5. The molecular formula is C11H14O4. The lowest BCUT2D eigenvalue weighted by Gasteiger charge is -2.15. The van der Waals surface area contributed by atoms with Crippen LogP contribution >= 0.6 is 0 Å². The Morgan fingerprint density at radius 3 is 2.73 bits per heavy atom. The minimum absolute atomic E-state index is 0.318. The molecule has 0 saturated carbocycles. The molecule has 0 heterocycles. The van der Waals surface area contributed by atoms with E-state index in [9.17, 15) is 9.90 Å². The van der Waals surface area contributed by atoms with E-state index in [1.165, 1.54) is 7.11 Å². The van der Waals surface area contributed by atoms with Crippen molar-refractivity contribution in [1.29, 1.82) is 0 Å². The molecule has 4 nitrogen and oxygen atoms in total. The summed E-state index contributed by atoms with van der Waals surface area (Å²) in [5.74, 6) is -0.517. The number of rotatable bonds is 4. The summed E-state index contributed by atoms with van der Waals surface area (Å²) >= 11 is 0. The zero-order chi connectivity index (χ0) is 11.4. The van der Waals surface area contributed by atoms with Gasteiger partial charge in [0.1, 0.15) is 5.75 Å². The molecule has 82 valence electrons. The summed E-state index contributed by atoms with van der Waals surface area (Å²) in [4.78, 5) is 10.5. The molecule has 0 aliphatic carbocycles. The number of aryl methyl sites for hydroxylation is 1. The fourth-order valence-corrected chi connectivity index (χ4v) is 1.53. The molecule has 0 aliphatic heterocycles. The first-order chi connectivity index (χ1) is 7.06. The zero-order valence-electron chi connectivity index (χ0n) is 8.73. The van der Waals surface area contributed by atoms with Crippen molar-refractivity contribution in [2.75, 3.05) is 7.11 Å². The molecule has 1 aromatic carbocycles. The van der Waals surface area contributed by atoms with Gasteiger partial charge in [0.15, 0.2) is 0 Å². The third-order valence-corrected chi connectivity index (χ3v) is 2.21. The molecule has 4 heteroatoms. The quantitative estimate of drug-likeness (QED) is 0.790. The van der Waals surface area contributed by atoms with Crippen LogP contribution in [0.15, 0.2) is 18.2 Å². The van der Waals surface area contributed by atoms with Gasteiger partial charge >= 0.3 is 5.97 Å². The first-order valence-electron chi connectivity index (χ1n) is 4.59. The van der Waals surface area contributed by atoms with Gasteiger partial charge in [-0.3, -0.25) is 4.79 Å². The highest BCUT2D eigenvalue weighted by molar-refractivity contribution is 5.68. The monoisotopic (exact) mass is 210 g/mol. The van der Waals surface area contributed by atoms with Crippen LogP contribution in [0.1, 0.15) is 23.7 Å². The van der Waals surface area contributed by atoms with Gasteiger partial charge in [-0.2, -0.15) is 0 Å². The Labute approximate surface area is 88.1 Å². The first-order valence-corrected chi connectivity index (χ1v) is 4.59. The van der Waals surface area contributed by atoms with Gasteiger partial charge in [-0.1, -0.05) is 12.1 Å². The molecule has 0 saturated heterocycles. The number of aliphatic hydroxyl groups excluding tert-OH is 1. The molecule has 1 rings (SSSR count). The number of methoxy groups -OCH3 is 1. The van der Waals surface area contributed by atoms with Crippen molar-refractivity contribution in [3.8, 4) is 5.75 Å². The summed E-state index contributed by atoms with van der Waals surface area (Å²) in [7, 11) is 1.49. The van der Waals surface area contributed by atoms with Crippen molar-refractivity contribution in [3.63, 3.8) is 0 Å². The van der Waals surface area contributed by atoms with Gasteiger partial charge in [-0.15, -0.1) is 0 Å². The van der Waals surface area contributed by atoms with E-state index in [2.05, 4.69) is 0 Å². The van der Waals surface area contributed by atoms with E-state index < -0.39 is 12.1 Å². The van der Waals surface area contributed by atoms with Crippen LogP contribution in [-0.4, -0.2) is 23.3 Å². The van der Waals surface area contributed by atoms with Gasteiger partial charge in [0.25, 0.3) is 0 Å². The van der Waals surface area contributed by atoms with Crippen LogP contribution in [0.2, 0.25) is 0 Å². The van der Waals surface area contributed by atoms with Gasteiger partial charge in [0.05, 0.1) is 19.6 Å². The second-order valence-corrected chi connectivity index (χ2v) is 3.30. The SMILES string of the molecule is COc1cccc(C)c1[C@@H](O)CC(=O)O. The average Bonchev–Trinajstić information content (AvgIpc) is 2.15. The number of carbonyl (C=O) groups is 1. The van der Waals surface area contributed by atoms with Gasteiger partial charge < -0.3 is 14.9 Å². The van der Waals surface area contributed by atoms with Crippen molar-refractivity contribution in [2.45, 2.75) is 19.4 Å². The highest BCUT2D eigenvalue weighted by Gasteiger charge is 2.18. The van der Waals surface area contributed by atoms with Crippen molar-refractivity contribution in [3.05, 3.63) is 29.3 Å². The number of carboxylic acids is 1. The largest absolute Gasteiger partial charge is 0.496 e. The summed E-state index contributed by atoms with van der Waals surface area (Å²) in [6.07, 6.45) is -1.35. The van der Waals surface area contributed by atoms with E-state index in [4.69, 9.17) is 9.84 Å². The van der Waals surface area contributed by atoms with Crippen molar-refractivity contribution in [1.82, 2.24) is 0 Å². The van der Waals surface area contributed by atoms with Crippen LogP contribution in [-0.2, 0) is 4.79 Å². The van der Waals surface area contributed by atoms with Gasteiger partial charge in [0, 0.05) is 5.56 Å². The molecular weight excluding hydrogens is 196 g/mol. The maximum absolute atomic E-state index is 10.5. The smallest absolute Gasteiger partial charge is 0.306 e. The molecule has 0 aliphatic rings. The average molecular weight is 210 g/mol. The Hall–Kier alpha value is -1.55. The normalized spacial score (nSPS) is 12.2. The van der Waals surface area contributed by atoms with Crippen LogP contribution in [0.3, 0.4) is 0 Å². The Bertz CT molecular complexity index is 360. The topological polar surface area (TPSA) is 66.8 Å². The number of benzene rings is 1. The number of aliphatic hydroxyl groups is 1. The Morgan fingerprint density at radius 1 is 1.53 bits per heavy atom. The fourth-order valence-electron chi connectivity index (χ4n) is 1.53. The van der Waals surface area contributed by atoms with E-state index in [0.29, 0.717) is 11.3 Å². The van der Waals surface area contributed by atoms with Crippen molar-refractivity contribution >= 4 is 5.97 Å². The number of carboxylic acid groups (broad SMARTS) is 1. The molecule has 0 unspecified atom stereocenters. The predicted octanol–water partition coefficient (Wildman–Crippen LogP) is 1.51. The molecule has 1 atom stereocenters. The molecule has 15 heavy (non-hydrogen) atoms. The Kier molecular flexibility index (Phi) is 3.68. The Morgan fingerprint density at radius 2 is 2.20 bits per heavy atom. The molecule has 0 spiro atoms. The number of aliphatic carboxylic acids is 1. The molecule has 0 fully saturated rings. The molecule has 0 aromatic heterocycles. The minimum atomic E-state index is -1.03. The lowest BCUT2D eigenvalue weighted by molar-refractivity contribution is -0.139. The summed E-state index contributed by atoms with van der Waals surface area (Å²) in [6.45, 7) is 1.81. The second kappa shape index (κ2) is 4.79. The van der Waals surface area contributed by atoms with Gasteiger partial charge in [-0.05, 0) is 18.6 Å². The van der Waals surface area contributed by atoms with Crippen LogP contribution < -0.4 is 4.74 Å².